The summed E-state index contributed by atoms with van der Waals surface area (Å²) in [6, 6.07) is 8.63. The monoisotopic (exact) mass is 349 g/mol. The maximum Gasteiger partial charge on any atom is 0.433 e. The fourth-order valence-corrected chi connectivity index (χ4v) is 2.94. The lowest BCUT2D eigenvalue weighted by atomic mass is 9.93. The Morgan fingerprint density at radius 2 is 2.12 bits per heavy atom. The molecule has 1 aliphatic heterocycles. The molecule has 2 aromatic heterocycles. The predicted molar refractivity (Wildman–Crippen MR) is 83.6 cm³/mol. The van der Waals surface area contributed by atoms with Gasteiger partial charge in [0.1, 0.15) is 17.9 Å². The van der Waals surface area contributed by atoms with Gasteiger partial charge in [-0.15, -0.1) is 0 Å². The summed E-state index contributed by atoms with van der Waals surface area (Å²) in [5, 5.41) is 7.00. The molecule has 1 unspecified atom stereocenters. The van der Waals surface area contributed by atoms with Crippen molar-refractivity contribution in [1.29, 1.82) is 0 Å². The van der Waals surface area contributed by atoms with Gasteiger partial charge in [0.05, 0.1) is 6.61 Å². The molecule has 1 N–H and O–H groups in total. The van der Waals surface area contributed by atoms with Gasteiger partial charge in [0.15, 0.2) is 5.69 Å². The van der Waals surface area contributed by atoms with Gasteiger partial charge >= 0.3 is 6.18 Å². The van der Waals surface area contributed by atoms with Gasteiger partial charge in [-0.2, -0.15) is 27.8 Å². The van der Waals surface area contributed by atoms with Crippen LogP contribution in [0.2, 0.25) is 0 Å². The molecular formula is C16H14F3N5O. The minimum atomic E-state index is -4.55. The Balaban J connectivity index is 1.63. The molecule has 0 saturated heterocycles. The van der Waals surface area contributed by atoms with E-state index in [4.69, 9.17) is 4.74 Å². The first kappa shape index (κ1) is 15.7. The van der Waals surface area contributed by atoms with E-state index in [1.165, 1.54) is 10.8 Å². The number of aromatic nitrogens is 4. The number of hydrogen-bond donors (Lipinski definition) is 1. The van der Waals surface area contributed by atoms with E-state index in [0.717, 1.165) is 23.8 Å². The van der Waals surface area contributed by atoms with E-state index in [1.807, 2.05) is 24.3 Å². The van der Waals surface area contributed by atoms with Crippen molar-refractivity contribution in [2.75, 3.05) is 18.5 Å². The minimum Gasteiger partial charge on any atom is -0.493 e. The second kappa shape index (κ2) is 5.91. The fraction of sp³-hybridized carbons (Fsp3) is 0.312. The van der Waals surface area contributed by atoms with Crippen LogP contribution in [0.25, 0.3) is 5.78 Å². The normalized spacial score (nSPS) is 17.2. The van der Waals surface area contributed by atoms with E-state index in [-0.39, 0.29) is 17.5 Å². The van der Waals surface area contributed by atoms with E-state index in [0.29, 0.717) is 13.2 Å². The lowest BCUT2D eigenvalue weighted by Crippen LogP contribution is -2.22. The fourth-order valence-electron chi connectivity index (χ4n) is 2.94. The Hall–Kier alpha value is -2.84. The van der Waals surface area contributed by atoms with Crippen molar-refractivity contribution in [3.05, 3.63) is 47.9 Å². The van der Waals surface area contributed by atoms with Gasteiger partial charge in [-0.1, -0.05) is 18.2 Å². The Labute approximate surface area is 140 Å². The lowest BCUT2D eigenvalue weighted by molar-refractivity contribution is -0.141. The Morgan fingerprint density at radius 1 is 1.28 bits per heavy atom. The standard InChI is InChI=1S/C16H14F3N5O/c17-16(18,19)13-7-14(24-15(23-13)21-9-22-24)20-8-10-5-6-25-12-4-2-1-3-11(10)12/h1-4,7,9-10,20H,5-6,8H2. The van der Waals surface area contributed by atoms with Crippen molar-refractivity contribution in [2.24, 2.45) is 0 Å². The third kappa shape index (κ3) is 2.97. The van der Waals surface area contributed by atoms with Crippen molar-refractivity contribution in [3.8, 4) is 5.75 Å². The SMILES string of the molecule is FC(F)(F)c1cc(NCC2CCOc3ccccc32)n2ncnc2n1. The summed E-state index contributed by atoms with van der Waals surface area (Å²) < 4.78 is 46.0. The average Bonchev–Trinajstić information content (AvgIpc) is 3.07. The molecule has 6 nitrogen and oxygen atoms in total. The van der Waals surface area contributed by atoms with Crippen LogP contribution < -0.4 is 10.1 Å². The van der Waals surface area contributed by atoms with Crippen molar-refractivity contribution in [1.82, 2.24) is 19.6 Å². The summed E-state index contributed by atoms with van der Waals surface area (Å²) in [7, 11) is 0. The molecule has 1 aromatic carbocycles. The van der Waals surface area contributed by atoms with E-state index in [2.05, 4.69) is 20.4 Å². The zero-order chi connectivity index (χ0) is 17.4. The van der Waals surface area contributed by atoms with Crippen LogP contribution in [0, 0.1) is 0 Å². The number of fused-ring (bicyclic) bond motifs is 2. The molecule has 1 aliphatic rings. The number of halogens is 3. The molecule has 0 aliphatic carbocycles. The summed E-state index contributed by atoms with van der Waals surface area (Å²) in [6.45, 7) is 1.03. The number of rotatable bonds is 3. The number of ether oxygens (including phenoxy) is 1. The quantitative estimate of drug-likeness (QED) is 0.787. The summed E-state index contributed by atoms with van der Waals surface area (Å²) in [4.78, 5) is 7.27. The molecule has 4 rings (SSSR count). The van der Waals surface area contributed by atoms with Gasteiger partial charge in [0.2, 0.25) is 0 Å². The van der Waals surface area contributed by atoms with E-state index >= 15 is 0 Å². The average molecular weight is 349 g/mol. The summed E-state index contributed by atoms with van der Waals surface area (Å²) in [5.74, 6) is 1.06. The number of nitrogens with zero attached hydrogens (tertiary/aromatic N) is 4. The van der Waals surface area contributed by atoms with E-state index in [9.17, 15) is 13.2 Å². The van der Waals surface area contributed by atoms with E-state index in [1.54, 1.807) is 0 Å². The van der Waals surface area contributed by atoms with Gasteiger partial charge in [-0.3, -0.25) is 0 Å². The highest BCUT2D eigenvalue weighted by molar-refractivity contribution is 5.47. The lowest BCUT2D eigenvalue weighted by Gasteiger charge is -2.26. The van der Waals surface area contributed by atoms with Crippen LogP contribution in [0.4, 0.5) is 19.0 Å². The van der Waals surface area contributed by atoms with Gasteiger partial charge in [-0.25, -0.2) is 4.98 Å². The second-order valence-corrected chi connectivity index (χ2v) is 5.75. The van der Waals surface area contributed by atoms with Crippen molar-refractivity contribution in [3.63, 3.8) is 0 Å². The molecule has 0 bridgehead atoms. The van der Waals surface area contributed by atoms with Gasteiger partial charge in [0.25, 0.3) is 5.78 Å². The van der Waals surface area contributed by atoms with Gasteiger partial charge in [0, 0.05) is 18.5 Å². The van der Waals surface area contributed by atoms with Crippen LogP contribution in [-0.4, -0.2) is 32.7 Å². The molecule has 25 heavy (non-hydrogen) atoms. The molecular weight excluding hydrogens is 335 g/mol. The van der Waals surface area contributed by atoms with Crippen molar-refractivity contribution in [2.45, 2.75) is 18.5 Å². The van der Waals surface area contributed by atoms with Gasteiger partial charge in [-0.05, 0) is 18.1 Å². The molecule has 9 heteroatoms. The van der Waals surface area contributed by atoms with Gasteiger partial charge < -0.3 is 10.1 Å². The Morgan fingerprint density at radius 3 is 2.96 bits per heavy atom. The molecule has 0 amide bonds. The van der Waals surface area contributed by atoms with Crippen LogP contribution in [-0.2, 0) is 6.18 Å². The Kier molecular flexibility index (Phi) is 3.70. The molecule has 0 saturated carbocycles. The number of anilines is 1. The van der Waals surface area contributed by atoms with Crippen molar-refractivity contribution >= 4 is 11.6 Å². The largest absolute Gasteiger partial charge is 0.493 e. The summed E-state index contributed by atoms with van der Waals surface area (Å²) >= 11 is 0. The first-order chi connectivity index (χ1) is 12.0. The maximum absolute atomic E-state index is 13.0. The zero-order valence-electron chi connectivity index (χ0n) is 13.0. The van der Waals surface area contributed by atoms with Crippen molar-refractivity contribution < 1.29 is 17.9 Å². The number of para-hydroxylation sites is 1. The highest BCUT2D eigenvalue weighted by atomic mass is 19.4. The Bertz CT molecular complexity index is 908. The van der Waals surface area contributed by atoms with E-state index < -0.39 is 11.9 Å². The molecule has 3 aromatic rings. The number of benzene rings is 1. The topological polar surface area (TPSA) is 64.3 Å². The third-order valence-corrected chi connectivity index (χ3v) is 4.15. The molecule has 0 spiro atoms. The van der Waals surface area contributed by atoms with Crippen LogP contribution in [0.5, 0.6) is 5.75 Å². The second-order valence-electron chi connectivity index (χ2n) is 5.75. The minimum absolute atomic E-state index is 0.0929. The molecule has 0 radical (unpaired) electrons. The molecule has 0 fully saturated rings. The number of hydrogen-bond acceptors (Lipinski definition) is 5. The molecule has 1 atom stereocenters. The third-order valence-electron chi connectivity index (χ3n) is 4.15. The van der Waals surface area contributed by atoms with Crippen LogP contribution in [0.3, 0.4) is 0 Å². The first-order valence-corrected chi connectivity index (χ1v) is 7.76. The summed E-state index contributed by atoms with van der Waals surface area (Å²) in [6.07, 6.45) is -2.59. The number of alkyl halides is 3. The molecule has 130 valence electrons. The smallest absolute Gasteiger partial charge is 0.433 e. The van der Waals surface area contributed by atoms with Crippen LogP contribution >= 0.6 is 0 Å². The predicted octanol–water partition coefficient (Wildman–Crippen LogP) is 3.12. The first-order valence-electron chi connectivity index (χ1n) is 7.76. The highest BCUT2D eigenvalue weighted by Gasteiger charge is 2.34. The maximum atomic E-state index is 13.0. The highest BCUT2D eigenvalue weighted by Crippen LogP contribution is 2.34. The summed E-state index contributed by atoms with van der Waals surface area (Å²) in [5.41, 5.74) is 0.0454. The van der Waals surface area contributed by atoms with Crippen LogP contribution in [0.15, 0.2) is 36.7 Å². The number of nitrogens with one attached hydrogen (secondary N) is 1. The zero-order valence-corrected chi connectivity index (χ0v) is 13.0. The van der Waals surface area contributed by atoms with Crippen LogP contribution in [0.1, 0.15) is 23.6 Å². The molecule has 3 heterocycles.